The van der Waals surface area contributed by atoms with Gasteiger partial charge in [0.25, 0.3) is 0 Å². The average molecular weight is 368 g/mol. The van der Waals surface area contributed by atoms with E-state index in [9.17, 15) is 4.79 Å². The van der Waals surface area contributed by atoms with Gasteiger partial charge in [-0.15, -0.1) is 0 Å². The van der Waals surface area contributed by atoms with Crippen LogP contribution < -0.4 is 5.32 Å². The minimum absolute atomic E-state index is 0.00494. The molecule has 4 heterocycles. The minimum atomic E-state index is 0.00494. The smallest absolute Gasteiger partial charge is 0.225 e. The van der Waals surface area contributed by atoms with Gasteiger partial charge in [-0.25, -0.2) is 9.97 Å². The van der Waals surface area contributed by atoms with Gasteiger partial charge in [-0.1, -0.05) is 0 Å². The van der Waals surface area contributed by atoms with Crippen LogP contribution in [0.4, 0.5) is 0 Å². The third-order valence-corrected chi connectivity index (χ3v) is 5.63. The topological polar surface area (TPSA) is 75.9 Å². The Morgan fingerprint density at radius 3 is 3.04 bits per heavy atom. The van der Waals surface area contributed by atoms with Crippen molar-refractivity contribution in [3.8, 4) is 0 Å². The van der Waals surface area contributed by atoms with Crippen LogP contribution in [-0.2, 0) is 17.8 Å². The molecule has 0 aromatic carbocycles. The van der Waals surface area contributed by atoms with Crippen molar-refractivity contribution in [1.82, 2.24) is 30.0 Å². The summed E-state index contributed by atoms with van der Waals surface area (Å²) < 4.78 is 1.96. The van der Waals surface area contributed by atoms with Crippen molar-refractivity contribution >= 4 is 5.91 Å². The van der Waals surface area contributed by atoms with Gasteiger partial charge in [-0.2, -0.15) is 5.10 Å². The second-order valence-corrected chi connectivity index (χ2v) is 7.80. The number of nitrogens with one attached hydrogen (secondary N) is 1. The van der Waals surface area contributed by atoms with E-state index in [1.807, 2.05) is 29.6 Å². The third-order valence-electron chi connectivity index (χ3n) is 5.63. The first-order valence-electron chi connectivity index (χ1n) is 9.90. The van der Waals surface area contributed by atoms with Crippen LogP contribution in [0.5, 0.6) is 0 Å². The van der Waals surface area contributed by atoms with Gasteiger partial charge < -0.3 is 10.2 Å². The number of aromatic nitrogens is 4. The SMILES string of the molecule is Cc1cc(C)n([C@H](C)CC(=O)N2CCC[C@H]2c2ncc3c(n2)CCNC3)n1. The lowest BCUT2D eigenvalue weighted by molar-refractivity contribution is -0.133. The highest BCUT2D eigenvalue weighted by Crippen LogP contribution is 2.32. The van der Waals surface area contributed by atoms with Gasteiger partial charge in [-0.3, -0.25) is 9.48 Å². The summed E-state index contributed by atoms with van der Waals surface area (Å²) in [5.74, 6) is 0.973. The summed E-state index contributed by atoms with van der Waals surface area (Å²) in [5.41, 5.74) is 4.40. The van der Waals surface area contributed by atoms with Crippen molar-refractivity contribution in [2.75, 3.05) is 13.1 Å². The zero-order valence-electron chi connectivity index (χ0n) is 16.4. The molecule has 1 fully saturated rings. The second kappa shape index (κ2) is 7.38. The van der Waals surface area contributed by atoms with Crippen molar-refractivity contribution in [2.24, 2.45) is 0 Å². The molecule has 0 aliphatic carbocycles. The first kappa shape index (κ1) is 18.1. The van der Waals surface area contributed by atoms with Crippen LogP contribution in [-0.4, -0.2) is 43.6 Å². The molecule has 0 spiro atoms. The molecule has 4 rings (SSSR count). The summed E-state index contributed by atoms with van der Waals surface area (Å²) in [6, 6.07) is 2.10. The summed E-state index contributed by atoms with van der Waals surface area (Å²) in [4.78, 5) is 24.4. The van der Waals surface area contributed by atoms with E-state index in [0.717, 1.165) is 61.8 Å². The van der Waals surface area contributed by atoms with E-state index in [-0.39, 0.29) is 18.0 Å². The Morgan fingerprint density at radius 2 is 2.26 bits per heavy atom. The van der Waals surface area contributed by atoms with E-state index in [4.69, 9.17) is 4.98 Å². The fourth-order valence-corrected chi connectivity index (χ4v) is 4.29. The Kier molecular flexibility index (Phi) is 4.95. The summed E-state index contributed by atoms with van der Waals surface area (Å²) in [7, 11) is 0. The molecule has 1 saturated heterocycles. The Morgan fingerprint density at radius 1 is 1.41 bits per heavy atom. The van der Waals surface area contributed by atoms with Crippen LogP contribution in [0.15, 0.2) is 12.3 Å². The molecule has 144 valence electrons. The maximum absolute atomic E-state index is 13.0. The molecule has 2 aromatic rings. The number of carbonyl (C=O) groups is 1. The lowest BCUT2D eigenvalue weighted by Gasteiger charge is -2.26. The monoisotopic (exact) mass is 368 g/mol. The second-order valence-electron chi connectivity index (χ2n) is 7.80. The number of carbonyl (C=O) groups excluding carboxylic acids is 1. The first-order chi connectivity index (χ1) is 13.0. The number of hydrogen-bond acceptors (Lipinski definition) is 5. The Bertz CT molecular complexity index is 845. The van der Waals surface area contributed by atoms with E-state index in [1.54, 1.807) is 0 Å². The Balaban J connectivity index is 1.49. The van der Waals surface area contributed by atoms with Gasteiger partial charge in [-0.05, 0) is 39.7 Å². The van der Waals surface area contributed by atoms with E-state index in [1.165, 1.54) is 5.56 Å². The zero-order chi connectivity index (χ0) is 19.0. The Labute approximate surface area is 160 Å². The Hall–Kier alpha value is -2.28. The van der Waals surface area contributed by atoms with Crippen molar-refractivity contribution in [1.29, 1.82) is 0 Å². The molecule has 0 bridgehead atoms. The summed E-state index contributed by atoms with van der Waals surface area (Å²) in [6.45, 7) is 8.66. The fraction of sp³-hybridized carbons (Fsp3) is 0.600. The molecule has 0 unspecified atom stereocenters. The van der Waals surface area contributed by atoms with Gasteiger partial charge in [0, 0.05) is 55.6 Å². The van der Waals surface area contributed by atoms with Crippen LogP contribution in [0.25, 0.3) is 0 Å². The van der Waals surface area contributed by atoms with Gasteiger partial charge in [0.1, 0.15) is 0 Å². The highest BCUT2D eigenvalue weighted by Gasteiger charge is 2.33. The van der Waals surface area contributed by atoms with Gasteiger partial charge in [0.15, 0.2) is 5.82 Å². The fourth-order valence-electron chi connectivity index (χ4n) is 4.29. The van der Waals surface area contributed by atoms with Crippen molar-refractivity contribution in [3.63, 3.8) is 0 Å². The molecule has 1 amide bonds. The average Bonchev–Trinajstić information content (AvgIpc) is 3.27. The third kappa shape index (κ3) is 3.60. The molecule has 2 aromatic heterocycles. The number of hydrogen-bond donors (Lipinski definition) is 1. The molecule has 2 atom stereocenters. The lowest BCUT2D eigenvalue weighted by Crippen LogP contribution is -2.33. The molecule has 2 aliphatic heterocycles. The van der Waals surface area contributed by atoms with Gasteiger partial charge >= 0.3 is 0 Å². The largest absolute Gasteiger partial charge is 0.332 e. The summed E-state index contributed by atoms with van der Waals surface area (Å²) in [5, 5.41) is 7.88. The van der Waals surface area contributed by atoms with E-state index < -0.39 is 0 Å². The molecule has 0 saturated carbocycles. The standard InChI is InChI=1S/C20H28N6O/c1-13-9-14(2)26(24-13)15(3)10-19(27)25-8-4-5-18(25)20-22-12-16-11-21-7-6-17(16)23-20/h9,12,15,18,21H,4-8,10-11H2,1-3H3/t15-,18+/m1/s1. The number of fused-ring (bicyclic) bond motifs is 1. The van der Waals surface area contributed by atoms with E-state index >= 15 is 0 Å². The normalized spacial score (nSPS) is 20.6. The predicted molar refractivity (Wildman–Crippen MR) is 102 cm³/mol. The molecule has 2 aliphatic rings. The highest BCUT2D eigenvalue weighted by molar-refractivity contribution is 5.77. The number of likely N-dealkylation sites (tertiary alicyclic amines) is 1. The molecule has 27 heavy (non-hydrogen) atoms. The van der Waals surface area contributed by atoms with Crippen LogP contribution >= 0.6 is 0 Å². The maximum Gasteiger partial charge on any atom is 0.225 e. The molecule has 7 nitrogen and oxygen atoms in total. The van der Waals surface area contributed by atoms with Crippen molar-refractivity contribution in [2.45, 2.75) is 65.1 Å². The molecule has 0 radical (unpaired) electrons. The number of nitrogens with zero attached hydrogens (tertiary/aromatic N) is 5. The summed E-state index contributed by atoms with van der Waals surface area (Å²) >= 11 is 0. The predicted octanol–water partition coefficient (Wildman–Crippen LogP) is 2.25. The van der Waals surface area contributed by atoms with Gasteiger partial charge in [0.05, 0.1) is 17.8 Å². The van der Waals surface area contributed by atoms with Crippen LogP contribution in [0.1, 0.15) is 66.7 Å². The zero-order valence-corrected chi connectivity index (χ0v) is 16.4. The first-order valence-corrected chi connectivity index (χ1v) is 9.90. The minimum Gasteiger partial charge on any atom is -0.332 e. The van der Waals surface area contributed by atoms with Gasteiger partial charge in [0.2, 0.25) is 5.91 Å². The summed E-state index contributed by atoms with van der Waals surface area (Å²) in [6.07, 6.45) is 5.26. The van der Waals surface area contributed by atoms with Crippen LogP contribution in [0.2, 0.25) is 0 Å². The van der Waals surface area contributed by atoms with E-state index in [2.05, 4.69) is 28.4 Å². The quantitative estimate of drug-likeness (QED) is 0.896. The number of rotatable bonds is 4. The molecular formula is C20H28N6O. The number of amides is 1. The lowest BCUT2D eigenvalue weighted by atomic mass is 10.1. The van der Waals surface area contributed by atoms with Crippen LogP contribution in [0.3, 0.4) is 0 Å². The van der Waals surface area contributed by atoms with Crippen molar-refractivity contribution < 1.29 is 4.79 Å². The number of aryl methyl sites for hydroxylation is 2. The van der Waals surface area contributed by atoms with E-state index in [0.29, 0.717) is 6.42 Å². The molecule has 7 heteroatoms. The highest BCUT2D eigenvalue weighted by atomic mass is 16.2. The molecular weight excluding hydrogens is 340 g/mol. The van der Waals surface area contributed by atoms with Crippen LogP contribution in [0, 0.1) is 13.8 Å². The molecule has 1 N–H and O–H groups in total. The maximum atomic E-state index is 13.0. The van der Waals surface area contributed by atoms with Crippen molar-refractivity contribution in [3.05, 3.63) is 40.7 Å².